The zero-order chi connectivity index (χ0) is 17.9. The van der Waals surface area contributed by atoms with Gasteiger partial charge in [0.25, 0.3) is 0 Å². The van der Waals surface area contributed by atoms with Gasteiger partial charge >= 0.3 is 0 Å². The van der Waals surface area contributed by atoms with E-state index in [1.165, 1.54) is 33.6 Å². The van der Waals surface area contributed by atoms with Gasteiger partial charge in [-0.3, -0.25) is 0 Å². The van der Waals surface area contributed by atoms with Crippen LogP contribution in [0.2, 0.25) is 0 Å². The van der Waals surface area contributed by atoms with Crippen molar-refractivity contribution < 1.29 is 0 Å². The minimum Gasteiger partial charge on any atom is -0.340 e. The van der Waals surface area contributed by atoms with E-state index in [-0.39, 0.29) is 0 Å². The summed E-state index contributed by atoms with van der Waals surface area (Å²) in [7, 11) is 0. The van der Waals surface area contributed by atoms with Crippen molar-refractivity contribution in [1.82, 2.24) is 4.57 Å². The minimum absolute atomic E-state index is 0.910. The summed E-state index contributed by atoms with van der Waals surface area (Å²) in [5.74, 6) is 0. The lowest BCUT2D eigenvalue weighted by Crippen LogP contribution is -2.00. The largest absolute Gasteiger partial charge is 0.340 e. The minimum atomic E-state index is 0.910. The Morgan fingerprint density at radius 1 is 0.692 bits per heavy atom. The van der Waals surface area contributed by atoms with Crippen LogP contribution in [-0.4, -0.2) is 4.57 Å². The maximum Gasteiger partial charge on any atom is 0.0564 e. The first-order chi connectivity index (χ1) is 12.8. The lowest BCUT2D eigenvalue weighted by Gasteiger charge is -2.14. The van der Waals surface area contributed by atoms with Crippen molar-refractivity contribution in [3.63, 3.8) is 0 Å². The summed E-state index contributed by atoms with van der Waals surface area (Å²) >= 11 is 3.73. The van der Waals surface area contributed by atoms with Gasteiger partial charge in [-0.2, -0.15) is 0 Å². The van der Waals surface area contributed by atoms with Crippen molar-refractivity contribution in [2.24, 2.45) is 0 Å². The van der Waals surface area contributed by atoms with Crippen LogP contribution >= 0.6 is 15.9 Å². The molecule has 0 atom stereocenters. The normalized spacial score (nSPS) is 10.8. The number of halogens is 1. The molecule has 0 bridgehead atoms. The number of hydrogen-bond donors (Lipinski definition) is 0. The fraction of sp³-hybridized carbons (Fsp3) is 0.0833. The lowest BCUT2D eigenvalue weighted by atomic mass is 10.0. The van der Waals surface area contributed by atoms with Gasteiger partial charge in [0.15, 0.2) is 0 Å². The number of aromatic nitrogens is 1. The number of hydrogen-bond acceptors (Lipinski definition) is 0. The van der Waals surface area contributed by atoms with Crippen LogP contribution in [0.1, 0.15) is 6.92 Å². The maximum atomic E-state index is 3.73. The van der Waals surface area contributed by atoms with Crippen molar-refractivity contribution in [2.75, 3.05) is 0 Å². The molecule has 0 N–H and O–H groups in total. The van der Waals surface area contributed by atoms with Gasteiger partial charge in [0.2, 0.25) is 0 Å². The van der Waals surface area contributed by atoms with Crippen LogP contribution in [0.25, 0.3) is 33.6 Å². The Labute approximate surface area is 163 Å². The SMILES string of the molecule is CCn1c(-c2ccccc2Br)cc(-c2ccccc2)c1-c1ccccc1. The van der Waals surface area contributed by atoms with Crippen LogP contribution in [0.4, 0.5) is 0 Å². The number of nitrogens with zero attached hydrogens (tertiary/aromatic N) is 1. The molecule has 0 unspecified atom stereocenters. The zero-order valence-corrected chi connectivity index (χ0v) is 16.3. The molecule has 0 spiro atoms. The predicted molar refractivity (Wildman–Crippen MR) is 114 cm³/mol. The van der Waals surface area contributed by atoms with Crippen LogP contribution in [-0.2, 0) is 6.54 Å². The van der Waals surface area contributed by atoms with E-state index in [1.807, 2.05) is 0 Å². The Morgan fingerprint density at radius 3 is 1.88 bits per heavy atom. The van der Waals surface area contributed by atoms with E-state index < -0.39 is 0 Å². The van der Waals surface area contributed by atoms with Crippen molar-refractivity contribution in [2.45, 2.75) is 13.5 Å². The molecule has 0 radical (unpaired) electrons. The summed E-state index contributed by atoms with van der Waals surface area (Å²) in [5, 5.41) is 0. The summed E-state index contributed by atoms with van der Waals surface area (Å²) in [6, 6.07) is 32.1. The average molecular weight is 402 g/mol. The van der Waals surface area contributed by atoms with E-state index in [4.69, 9.17) is 0 Å². The second-order valence-electron chi connectivity index (χ2n) is 6.25. The molecule has 0 saturated carbocycles. The Hall–Kier alpha value is -2.58. The molecule has 1 heterocycles. The first-order valence-corrected chi connectivity index (χ1v) is 9.68. The Morgan fingerprint density at radius 2 is 1.27 bits per heavy atom. The van der Waals surface area contributed by atoms with Gasteiger partial charge in [0.1, 0.15) is 0 Å². The van der Waals surface area contributed by atoms with Gasteiger partial charge in [0.05, 0.1) is 11.4 Å². The topological polar surface area (TPSA) is 4.93 Å². The van der Waals surface area contributed by atoms with E-state index in [0.717, 1.165) is 11.0 Å². The van der Waals surface area contributed by atoms with Gasteiger partial charge in [-0.25, -0.2) is 0 Å². The molecule has 0 aliphatic rings. The third-order valence-electron chi connectivity index (χ3n) is 4.69. The summed E-state index contributed by atoms with van der Waals surface area (Å²) in [4.78, 5) is 0. The molecule has 0 aliphatic carbocycles. The molecular formula is C24H20BrN. The standard InChI is InChI=1S/C24H20BrN/c1-2-26-23(20-15-9-10-16-22(20)25)17-21(18-11-5-3-6-12-18)24(26)19-13-7-4-8-14-19/h3-17H,2H2,1H3. The molecule has 0 amide bonds. The molecule has 0 saturated heterocycles. The van der Waals surface area contributed by atoms with Crippen LogP contribution in [0, 0.1) is 0 Å². The summed E-state index contributed by atoms with van der Waals surface area (Å²) in [6.45, 7) is 3.12. The first-order valence-electron chi connectivity index (χ1n) is 8.89. The van der Waals surface area contributed by atoms with E-state index in [9.17, 15) is 0 Å². The molecule has 4 rings (SSSR count). The predicted octanol–water partition coefficient (Wildman–Crippen LogP) is 7.27. The molecule has 4 aromatic rings. The van der Waals surface area contributed by atoms with Gasteiger partial charge in [0, 0.05) is 22.1 Å². The number of benzene rings is 3. The van der Waals surface area contributed by atoms with Crippen LogP contribution in [0.3, 0.4) is 0 Å². The van der Waals surface area contributed by atoms with E-state index in [2.05, 4.69) is 118 Å². The fourth-order valence-electron chi connectivity index (χ4n) is 3.51. The molecule has 2 heteroatoms. The lowest BCUT2D eigenvalue weighted by molar-refractivity contribution is 0.785. The highest BCUT2D eigenvalue weighted by atomic mass is 79.9. The second-order valence-corrected chi connectivity index (χ2v) is 7.10. The third kappa shape index (κ3) is 3.02. The summed E-state index contributed by atoms with van der Waals surface area (Å²) < 4.78 is 3.53. The fourth-order valence-corrected chi connectivity index (χ4v) is 4.00. The zero-order valence-electron chi connectivity index (χ0n) is 14.7. The van der Waals surface area contributed by atoms with Crippen LogP contribution in [0.15, 0.2) is 95.5 Å². The van der Waals surface area contributed by atoms with E-state index >= 15 is 0 Å². The molecule has 0 fully saturated rings. The van der Waals surface area contributed by atoms with Crippen LogP contribution in [0.5, 0.6) is 0 Å². The monoisotopic (exact) mass is 401 g/mol. The summed E-state index contributed by atoms with van der Waals surface area (Å²) in [5.41, 5.74) is 7.47. The second kappa shape index (κ2) is 7.35. The number of rotatable bonds is 4. The van der Waals surface area contributed by atoms with Gasteiger partial charge in [-0.1, -0.05) is 94.8 Å². The van der Waals surface area contributed by atoms with Crippen molar-refractivity contribution in [3.05, 3.63) is 95.5 Å². The summed E-state index contributed by atoms with van der Waals surface area (Å²) in [6.07, 6.45) is 0. The van der Waals surface area contributed by atoms with Gasteiger partial charge in [-0.15, -0.1) is 0 Å². The van der Waals surface area contributed by atoms with Crippen LogP contribution < -0.4 is 0 Å². The highest BCUT2D eigenvalue weighted by molar-refractivity contribution is 9.10. The van der Waals surface area contributed by atoms with Crippen molar-refractivity contribution >= 4 is 15.9 Å². The molecule has 1 aromatic heterocycles. The molecule has 26 heavy (non-hydrogen) atoms. The van der Waals surface area contributed by atoms with Gasteiger partial charge in [-0.05, 0) is 30.2 Å². The van der Waals surface area contributed by atoms with Gasteiger partial charge < -0.3 is 4.57 Å². The average Bonchev–Trinajstić information content (AvgIpc) is 3.09. The molecule has 1 nitrogen and oxygen atoms in total. The highest BCUT2D eigenvalue weighted by Crippen LogP contribution is 2.40. The Balaban J connectivity index is 2.04. The van der Waals surface area contributed by atoms with Crippen molar-refractivity contribution in [3.8, 4) is 33.6 Å². The molecule has 3 aromatic carbocycles. The molecule has 0 aliphatic heterocycles. The third-order valence-corrected chi connectivity index (χ3v) is 5.39. The molecule has 128 valence electrons. The maximum absolute atomic E-state index is 3.73. The highest BCUT2D eigenvalue weighted by Gasteiger charge is 2.19. The first kappa shape index (κ1) is 16.9. The quantitative estimate of drug-likeness (QED) is 0.338. The van der Waals surface area contributed by atoms with E-state index in [0.29, 0.717) is 0 Å². The molecular weight excluding hydrogens is 382 g/mol. The van der Waals surface area contributed by atoms with E-state index in [1.54, 1.807) is 0 Å². The Bertz CT molecular complexity index is 1020. The Kier molecular flexibility index (Phi) is 4.77. The smallest absolute Gasteiger partial charge is 0.0564 e. The van der Waals surface area contributed by atoms with Crippen molar-refractivity contribution in [1.29, 1.82) is 0 Å².